The van der Waals surface area contributed by atoms with Crippen molar-refractivity contribution in [3.63, 3.8) is 0 Å². The van der Waals surface area contributed by atoms with Gasteiger partial charge >= 0.3 is 11.8 Å². The number of nitrogens with one attached hydrogen (secondary N) is 2. The molecule has 0 saturated carbocycles. The van der Waals surface area contributed by atoms with Crippen molar-refractivity contribution in [2.45, 2.75) is 20.8 Å². The zero-order valence-corrected chi connectivity index (χ0v) is 16.1. The zero-order chi connectivity index (χ0) is 20.1. The Labute approximate surface area is 164 Å². The first-order valence-corrected chi connectivity index (χ1v) is 8.95. The number of benzene rings is 3. The summed E-state index contributed by atoms with van der Waals surface area (Å²) < 4.78 is 5.71. The first-order valence-electron chi connectivity index (χ1n) is 8.95. The zero-order valence-electron chi connectivity index (χ0n) is 16.1. The number of hydrogen-bond acceptors (Lipinski definition) is 3. The number of amides is 2. The van der Waals surface area contributed by atoms with Crippen LogP contribution < -0.4 is 15.4 Å². The fourth-order valence-corrected chi connectivity index (χ4v) is 2.97. The lowest BCUT2D eigenvalue weighted by Gasteiger charge is -2.13. The van der Waals surface area contributed by atoms with Crippen molar-refractivity contribution in [2.24, 2.45) is 0 Å². The van der Waals surface area contributed by atoms with Crippen LogP contribution in [0.5, 0.6) is 11.5 Å². The van der Waals surface area contributed by atoms with E-state index in [1.807, 2.05) is 63.2 Å². The van der Waals surface area contributed by atoms with E-state index >= 15 is 0 Å². The van der Waals surface area contributed by atoms with Gasteiger partial charge in [0.1, 0.15) is 11.5 Å². The fraction of sp³-hybridized carbons (Fsp3) is 0.130. The Kier molecular flexibility index (Phi) is 5.75. The molecule has 0 aromatic heterocycles. The quantitative estimate of drug-likeness (QED) is 0.633. The highest BCUT2D eigenvalue weighted by Crippen LogP contribution is 2.23. The van der Waals surface area contributed by atoms with Crippen LogP contribution in [0.15, 0.2) is 66.7 Å². The van der Waals surface area contributed by atoms with Crippen LogP contribution in [-0.4, -0.2) is 11.8 Å². The van der Waals surface area contributed by atoms with Crippen LogP contribution in [0.1, 0.15) is 16.7 Å². The molecule has 0 unspecified atom stereocenters. The fourth-order valence-electron chi connectivity index (χ4n) is 2.97. The molecule has 0 radical (unpaired) electrons. The van der Waals surface area contributed by atoms with Crippen LogP contribution >= 0.6 is 0 Å². The second-order valence-corrected chi connectivity index (χ2v) is 6.62. The van der Waals surface area contributed by atoms with Gasteiger partial charge in [0.15, 0.2) is 0 Å². The third kappa shape index (κ3) is 4.76. The van der Waals surface area contributed by atoms with Crippen molar-refractivity contribution < 1.29 is 14.3 Å². The SMILES string of the molecule is Cc1cc(C)c(NC(=O)C(=O)Nc2ccc(Oc3ccccc3)cc2)c(C)c1. The number of hydrogen-bond donors (Lipinski definition) is 2. The van der Waals surface area contributed by atoms with E-state index in [0.29, 0.717) is 17.1 Å². The van der Waals surface area contributed by atoms with Crippen molar-refractivity contribution in [1.29, 1.82) is 0 Å². The molecule has 0 fully saturated rings. The summed E-state index contributed by atoms with van der Waals surface area (Å²) in [6, 6.07) is 20.2. The summed E-state index contributed by atoms with van der Waals surface area (Å²) in [7, 11) is 0. The maximum atomic E-state index is 12.3. The van der Waals surface area contributed by atoms with E-state index in [-0.39, 0.29) is 0 Å². The molecule has 3 aromatic rings. The first-order chi connectivity index (χ1) is 13.4. The largest absolute Gasteiger partial charge is 0.457 e. The summed E-state index contributed by atoms with van der Waals surface area (Å²) in [5, 5.41) is 5.29. The Morgan fingerprint density at radius 2 is 1.25 bits per heavy atom. The van der Waals surface area contributed by atoms with E-state index in [2.05, 4.69) is 10.6 Å². The van der Waals surface area contributed by atoms with E-state index in [0.717, 1.165) is 22.4 Å². The molecule has 5 nitrogen and oxygen atoms in total. The Morgan fingerprint density at radius 3 is 1.86 bits per heavy atom. The maximum Gasteiger partial charge on any atom is 0.314 e. The highest BCUT2D eigenvalue weighted by Gasteiger charge is 2.16. The Bertz CT molecular complexity index is 973. The minimum Gasteiger partial charge on any atom is -0.457 e. The van der Waals surface area contributed by atoms with Crippen molar-refractivity contribution >= 4 is 23.2 Å². The molecule has 0 aliphatic rings. The number of carbonyl (C=O) groups excluding carboxylic acids is 2. The number of ether oxygens (including phenoxy) is 1. The minimum absolute atomic E-state index is 0.512. The summed E-state index contributed by atoms with van der Waals surface area (Å²) in [6.45, 7) is 5.79. The van der Waals surface area contributed by atoms with Crippen molar-refractivity contribution in [1.82, 2.24) is 0 Å². The first kappa shape index (κ1) is 19.2. The van der Waals surface area contributed by atoms with Gasteiger partial charge in [0, 0.05) is 11.4 Å². The Hall–Kier alpha value is -3.60. The second kappa shape index (κ2) is 8.39. The van der Waals surface area contributed by atoms with Gasteiger partial charge in [-0.15, -0.1) is 0 Å². The summed E-state index contributed by atoms with van der Waals surface area (Å²) in [6.07, 6.45) is 0. The van der Waals surface area contributed by atoms with E-state index in [9.17, 15) is 9.59 Å². The molecule has 2 amide bonds. The van der Waals surface area contributed by atoms with Crippen LogP contribution in [0.2, 0.25) is 0 Å². The summed E-state index contributed by atoms with van der Waals surface area (Å²) in [5.41, 5.74) is 4.12. The van der Waals surface area contributed by atoms with Gasteiger partial charge in [0.2, 0.25) is 0 Å². The van der Waals surface area contributed by atoms with Crippen LogP contribution in [0.25, 0.3) is 0 Å². The number of rotatable bonds is 4. The second-order valence-electron chi connectivity index (χ2n) is 6.62. The van der Waals surface area contributed by atoms with Crippen molar-refractivity contribution in [3.05, 3.63) is 83.4 Å². The lowest BCUT2D eigenvalue weighted by molar-refractivity contribution is -0.133. The topological polar surface area (TPSA) is 67.4 Å². The average Bonchev–Trinajstić information content (AvgIpc) is 2.67. The lowest BCUT2D eigenvalue weighted by atomic mass is 10.1. The molecule has 3 aromatic carbocycles. The normalized spacial score (nSPS) is 10.2. The average molecular weight is 374 g/mol. The molecule has 142 valence electrons. The van der Waals surface area contributed by atoms with E-state index in [1.54, 1.807) is 24.3 Å². The molecule has 0 saturated heterocycles. The van der Waals surface area contributed by atoms with Gasteiger partial charge in [0.25, 0.3) is 0 Å². The van der Waals surface area contributed by atoms with Crippen LogP contribution in [-0.2, 0) is 9.59 Å². The third-order valence-electron chi connectivity index (χ3n) is 4.21. The molecule has 0 atom stereocenters. The van der Waals surface area contributed by atoms with Gasteiger partial charge in [0.05, 0.1) is 0 Å². The van der Waals surface area contributed by atoms with Gasteiger partial charge in [-0.1, -0.05) is 35.9 Å². The summed E-state index contributed by atoms with van der Waals surface area (Å²) >= 11 is 0. The van der Waals surface area contributed by atoms with Crippen molar-refractivity contribution in [3.8, 4) is 11.5 Å². The molecule has 0 aliphatic carbocycles. The number of anilines is 2. The van der Waals surface area contributed by atoms with E-state index in [4.69, 9.17) is 4.74 Å². The van der Waals surface area contributed by atoms with Gasteiger partial charge in [-0.3, -0.25) is 9.59 Å². The molecule has 28 heavy (non-hydrogen) atoms. The molecular formula is C23H22N2O3. The Morgan fingerprint density at radius 1 is 0.714 bits per heavy atom. The van der Waals surface area contributed by atoms with Crippen LogP contribution in [0.3, 0.4) is 0 Å². The lowest BCUT2D eigenvalue weighted by Crippen LogP contribution is -2.29. The maximum absolute atomic E-state index is 12.3. The van der Waals surface area contributed by atoms with Crippen molar-refractivity contribution in [2.75, 3.05) is 10.6 Å². The van der Waals surface area contributed by atoms with Crippen LogP contribution in [0, 0.1) is 20.8 Å². The molecular weight excluding hydrogens is 352 g/mol. The van der Waals surface area contributed by atoms with E-state index < -0.39 is 11.8 Å². The van der Waals surface area contributed by atoms with Gasteiger partial charge in [-0.05, 0) is 68.3 Å². The molecule has 0 spiro atoms. The number of aryl methyl sites for hydroxylation is 3. The molecule has 0 heterocycles. The predicted molar refractivity (Wildman–Crippen MR) is 111 cm³/mol. The molecule has 3 rings (SSSR count). The molecule has 0 aliphatic heterocycles. The number of para-hydroxylation sites is 1. The predicted octanol–water partition coefficient (Wildman–Crippen LogP) is 4.98. The standard InChI is InChI=1S/C23H22N2O3/c1-15-13-16(2)21(17(3)14-15)25-23(27)22(26)24-18-9-11-20(12-10-18)28-19-7-5-4-6-8-19/h4-14H,1-3H3,(H,24,26)(H,25,27). The summed E-state index contributed by atoms with van der Waals surface area (Å²) in [5.74, 6) is -0.0715. The van der Waals surface area contributed by atoms with Gasteiger partial charge in [-0.25, -0.2) is 0 Å². The van der Waals surface area contributed by atoms with E-state index in [1.165, 1.54) is 0 Å². The van der Waals surface area contributed by atoms with Gasteiger partial charge < -0.3 is 15.4 Å². The number of carbonyl (C=O) groups is 2. The highest BCUT2D eigenvalue weighted by atomic mass is 16.5. The van der Waals surface area contributed by atoms with Crippen LogP contribution in [0.4, 0.5) is 11.4 Å². The molecule has 5 heteroatoms. The minimum atomic E-state index is -0.726. The molecule has 0 bridgehead atoms. The Balaban J connectivity index is 1.62. The third-order valence-corrected chi connectivity index (χ3v) is 4.21. The van der Waals surface area contributed by atoms with Gasteiger partial charge in [-0.2, -0.15) is 0 Å². The monoisotopic (exact) mass is 374 g/mol. The highest BCUT2D eigenvalue weighted by molar-refractivity contribution is 6.43. The smallest absolute Gasteiger partial charge is 0.314 e. The summed E-state index contributed by atoms with van der Waals surface area (Å²) in [4.78, 5) is 24.5. The molecule has 2 N–H and O–H groups in total.